The highest BCUT2D eigenvalue weighted by Gasteiger charge is 2.31. The molecule has 2 aromatic heterocycles. The first-order valence-corrected chi connectivity index (χ1v) is 10.8. The van der Waals surface area contributed by atoms with Crippen LogP contribution in [0.15, 0.2) is 30.5 Å². The van der Waals surface area contributed by atoms with Gasteiger partial charge >= 0.3 is 6.18 Å². The molecule has 1 fully saturated rings. The van der Waals surface area contributed by atoms with Crippen molar-refractivity contribution in [2.24, 2.45) is 0 Å². The Balaban J connectivity index is 0.00000141. The van der Waals surface area contributed by atoms with Crippen LogP contribution in [0.2, 0.25) is 5.28 Å². The number of nitrogens with two attached hydrogens (primary N) is 1. The second-order valence-corrected chi connectivity index (χ2v) is 7.51. The lowest BCUT2D eigenvalue weighted by Crippen LogP contribution is -2.15. The van der Waals surface area contributed by atoms with Crippen molar-refractivity contribution in [3.05, 3.63) is 52.6 Å². The zero-order chi connectivity index (χ0) is 23.3. The summed E-state index contributed by atoms with van der Waals surface area (Å²) in [5.74, 6) is 0.701. The fraction of sp³-hybridized carbons (Fsp3) is 0.409. The van der Waals surface area contributed by atoms with Crippen LogP contribution in [0.25, 0.3) is 10.9 Å². The lowest BCUT2D eigenvalue weighted by Gasteiger charge is -2.21. The summed E-state index contributed by atoms with van der Waals surface area (Å²) in [5.41, 5.74) is 6.73. The topological polar surface area (TPSA) is 86.0 Å². The Morgan fingerprint density at radius 3 is 2.53 bits per heavy atom. The van der Waals surface area contributed by atoms with Crippen molar-refractivity contribution in [3.63, 3.8) is 0 Å². The van der Waals surface area contributed by atoms with Gasteiger partial charge in [-0.2, -0.15) is 13.2 Å². The van der Waals surface area contributed by atoms with Crippen molar-refractivity contribution < 1.29 is 17.9 Å². The van der Waals surface area contributed by atoms with Crippen LogP contribution in [0, 0.1) is 0 Å². The van der Waals surface area contributed by atoms with Gasteiger partial charge in [0.1, 0.15) is 5.82 Å². The number of aromatic nitrogens is 3. The van der Waals surface area contributed by atoms with E-state index < -0.39 is 11.7 Å². The smallest absolute Gasteiger partial charge is 0.399 e. The maximum atomic E-state index is 13.1. The van der Waals surface area contributed by atoms with E-state index in [2.05, 4.69) is 20.3 Å². The predicted octanol–water partition coefficient (Wildman–Crippen LogP) is 5.81. The molecular formula is C22H25ClF3N5O. The van der Waals surface area contributed by atoms with Gasteiger partial charge < -0.3 is 15.8 Å². The summed E-state index contributed by atoms with van der Waals surface area (Å²) in [6.45, 7) is 5.46. The number of rotatable bonds is 4. The van der Waals surface area contributed by atoms with E-state index in [1.165, 1.54) is 6.07 Å². The van der Waals surface area contributed by atoms with Gasteiger partial charge in [0.25, 0.3) is 0 Å². The quantitative estimate of drug-likeness (QED) is 0.372. The zero-order valence-electron chi connectivity index (χ0n) is 17.8. The Morgan fingerprint density at radius 2 is 1.84 bits per heavy atom. The van der Waals surface area contributed by atoms with Crippen molar-refractivity contribution in [3.8, 4) is 0 Å². The van der Waals surface area contributed by atoms with Crippen LogP contribution in [0.1, 0.15) is 49.4 Å². The number of ether oxygens (including phenoxy) is 1. The third-order valence-electron chi connectivity index (χ3n) is 5.02. The Bertz CT molecular complexity index is 1070. The molecule has 3 aromatic rings. The summed E-state index contributed by atoms with van der Waals surface area (Å²) < 4.78 is 44.6. The molecule has 1 saturated heterocycles. The number of alkyl halides is 3. The van der Waals surface area contributed by atoms with Gasteiger partial charge in [-0.15, -0.1) is 0 Å². The van der Waals surface area contributed by atoms with Gasteiger partial charge in [-0.05, 0) is 54.3 Å². The summed E-state index contributed by atoms with van der Waals surface area (Å²) in [7, 11) is 0. The number of fused-ring (bicyclic) bond motifs is 1. The average Bonchev–Trinajstić information content (AvgIpc) is 2.78. The molecule has 0 atom stereocenters. The number of nitrogen functional groups attached to an aromatic ring is 1. The molecule has 0 unspecified atom stereocenters. The second-order valence-electron chi connectivity index (χ2n) is 7.17. The van der Waals surface area contributed by atoms with Crippen LogP contribution in [-0.4, -0.2) is 28.2 Å². The largest absolute Gasteiger partial charge is 0.416 e. The van der Waals surface area contributed by atoms with E-state index in [4.69, 9.17) is 22.1 Å². The fourth-order valence-electron chi connectivity index (χ4n) is 3.54. The van der Waals surface area contributed by atoms with Crippen molar-refractivity contribution in [1.29, 1.82) is 0 Å². The molecule has 6 nitrogen and oxygen atoms in total. The molecule has 3 N–H and O–H groups in total. The number of hydrogen-bond donors (Lipinski definition) is 2. The standard InChI is InChI=1S/C20H19ClF3N5O.C2H6/c21-19-28-17-10-26-16(12-1-3-30-4-2-12)8-15(17)18(29-19)27-9-11-5-13(20(22,23)24)7-14(25)6-11;1-2/h5-8,10,12H,1-4,9,25H2,(H,27,28,29);1-2H3. The molecule has 1 aliphatic heterocycles. The van der Waals surface area contributed by atoms with E-state index in [1.54, 1.807) is 6.20 Å². The summed E-state index contributed by atoms with van der Waals surface area (Å²) in [6, 6.07) is 5.36. The SMILES string of the molecule is CC.Nc1cc(CNc2nc(Cl)nc3cnc(C4CCOCC4)cc23)cc(C(F)(F)F)c1. The Labute approximate surface area is 189 Å². The summed E-state index contributed by atoms with van der Waals surface area (Å²) >= 11 is 6.03. The summed E-state index contributed by atoms with van der Waals surface area (Å²) in [6.07, 6.45) is -1.08. The molecule has 10 heteroatoms. The first-order chi connectivity index (χ1) is 15.3. The van der Waals surface area contributed by atoms with E-state index in [0.717, 1.165) is 30.7 Å². The number of pyridine rings is 1. The maximum Gasteiger partial charge on any atom is 0.416 e. The van der Waals surface area contributed by atoms with Crippen molar-refractivity contribution in [2.45, 2.75) is 45.3 Å². The van der Waals surface area contributed by atoms with Crippen molar-refractivity contribution >= 4 is 34.0 Å². The van der Waals surface area contributed by atoms with Gasteiger partial charge in [0.05, 0.1) is 17.3 Å². The minimum absolute atomic E-state index is 0.0224. The third kappa shape index (κ3) is 5.77. The van der Waals surface area contributed by atoms with E-state index in [-0.39, 0.29) is 23.4 Å². The first-order valence-electron chi connectivity index (χ1n) is 10.4. The number of benzene rings is 1. The van der Waals surface area contributed by atoms with Gasteiger partial charge in [0.2, 0.25) is 5.28 Å². The van der Waals surface area contributed by atoms with Gasteiger partial charge in [-0.3, -0.25) is 4.98 Å². The van der Waals surface area contributed by atoms with Gasteiger partial charge in [-0.25, -0.2) is 9.97 Å². The van der Waals surface area contributed by atoms with E-state index >= 15 is 0 Å². The minimum Gasteiger partial charge on any atom is -0.399 e. The molecular weight excluding hydrogens is 443 g/mol. The molecule has 172 valence electrons. The highest BCUT2D eigenvalue weighted by atomic mass is 35.5. The average molecular weight is 468 g/mol. The summed E-state index contributed by atoms with van der Waals surface area (Å²) in [5, 5.41) is 3.80. The van der Waals surface area contributed by atoms with Crippen LogP contribution in [0.4, 0.5) is 24.7 Å². The fourth-order valence-corrected chi connectivity index (χ4v) is 3.72. The van der Waals surface area contributed by atoms with Crippen LogP contribution >= 0.6 is 11.6 Å². The van der Waals surface area contributed by atoms with E-state index in [0.29, 0.717) is 35.5 Å². The lowest BCUT2D eigenvalue weighted by atomic mass is 9.95. The highest BCUT2D eigenvalue weighted by Crippen LogP contribution is 2.32. The van der Waals surface area contributed by atoms with Gasteiger partial charge in [0.15, 0.2) is 0 Å². The Kier molecular flexibility index (Phi) is 7.73. The molecule has 0 bridgehead atoms. The molecule has 0 radical (unpaired) electrons. The molecule has 1 aliphatic rings. The molecule has 1 aromatic carbocycles. The number of nitrogens with one attached hydrogen (secondary N) is 1. The monoisotopic (exact) mass is 467 g/mol. The lowest BCUT2D eigenvalue weighted by molar-refractivity contribution is -0.137. The van der Waals surface area contributed by atoms with Crippen LogP contribution in [0.5, 0.6) is 0 Å². The molecule has 32 heavy (non-hydrogen) atoms. The molecule has 4 rings (SSSR count). The van der Waals surface area contributed by atoms with Crippen molar-refractivity contribution in [1.82, 2.24) is 15.0 Å². The molecule has 3 heterocycles. The highest BCUT2D eigenvalue weighted by molar-refractivity contribution is 6.28. The van der Waals surface area contributed by atoms with E-state index in [1.807, 2.05) is 19.9 Å². The van der Waals surface area contributed by atoms with E-state index in [9.17, 15) is 13.2 Å². The number of anilines is 2. The first kappa shape index (κ1) is 24.0. The summed E-state index contributed by atoms with van der Waals surface area (Å²) in [4.78, 5) is 12.9. The Hall–Kier alpha value is -2.65. The number of hydrogen-bond acceptors (Lipinski definition) is 6. The van der Waals surface area contributed by atoms with Crippen LogP contribution < -0.4 is 11.1 Å². The predicted molar refractivity (Wildman–Crippen MR) is 120 cm³/mol. The normalized spacial score (nSPS) is 14.7. The number of nitrogens with zero attached hydrogens (tertiary/aromatic N) is 3. The zero-order valence-corrected chi connectivity index (χ0v) is 18.6. The molecule has 0 spiro atoms. The van der Waals surface area contributed by atoms with Crippen LogP contribution in [0.3, 0.4) is 0 Å². The molecule has 0 aliphatic carbocycles. The Morgan fingerprint density at radius 1 is 1.12 bits per heavy atom. The second kappa shape index (κ2) is 10.3. The molecule has 0 saturated carbocycles. The minimum atomic E-state index is -4.47. The van der Waals surface area contributed by atoms with Gasteiger partial charge in [0, 0.05) is 42.4 Å². The van der Waals surface area contributed by atoms with Crippen molar-refractivity contribution in [2.75, 3.05) is 24.3 Å². The maximum absolute atomic E-state index is 13.1. The molecule has 0 amide bonds. The van der Waals surface area contributed by atoms with Gasteiger partial charge in [-0.1, -0.05) is 13.8 Å². The third-order valence-corrected chi connectivity index (χ3v) is 5.19. The number of halogens is 4. The van der Waals surface area contributed by atoms with Crippen LogP contribution in [-0.2, 0) is 17.5 Å².